The van der Waals surface area contributed by atoms with Gasteiger partial charge in [-0.1, -0.05) is 41.6 Å². The highest BCUT2D eigenvalue weighted by atomic mass is 32.2. The molecule has 0 saturated carbocycles. The summed E-state index contributed by atoms with van der Waals surface area (Å²) in [7, 11) is 0. The Kier molecular flexibility index (Phi) is 5.65. The Bertz CT molecular complexity index is 994. The number of aromatic nitrogens is 3. The molecule has 0 aliphatic rings. The zero-order valence-electron chi connectivity index (χ0n) is 16.3. The molecule has 1 aromatic heterocycles. The third-order valence-electron chi connectivity index (χ3n) is 4.60. The Labute approximate surface area is 164 Å². The van der Waals surface area contributed by atoms with Crippen LogP contribution in [0, 0.1) is 34.6 Å². The number of aryl methyl sites for hydroxylation is 4. The standard InChI is InChI=1S/C21H24N4OS/c1-13-9-10-19(15(3)11-13)25-17(5)23-24-21(25)27-12-20(26)22-18-8-6-7-14(2)16(18)4/h6-11H,12H2,1-5H3,(H,22,26). The second-order valence-electron chi connectivity index (χ2n) is 6.74. The third-order valence-corrected chi connectivity index (χ3v) is 5.53. The summed E-state index contributed by atoms with van der Waals surface area (Å²) in [5, 5.41) is 12.2. The second-order valence-corrected chi connectivity index (χ2v) is 7.68. The van der Waals surface area contributed by atoms with Crippen molar-refractivity contribution < 1.29 is 4.79 Å². The maximum absolute atomic E-state index is 12.4. The summed E-state index contributed by atoms with van der Waals surface area (Å²) >= 11 is 1.39. The van der Waals surface area contributed by atoms with Crippen molar-refractivity contribution in [1.82, 2.24) is 14.8 Å². The molecular weight excluding hydrogens is 356 g/mol. The van der Waals surface area contributed by atoms with E-state index in [4.69, 9.17) is 0 Å². The van der Waals surface area contributed by atoms with Crippen LogP contribution in [0.1, 0.15) is 28.1 Å². The monoisotopic (exact) mass is 380 g/mol. The van der Waals surface area contributed by atoms with Gasteiger partial charge in [-0.25, -0.2) is 0 Å². The molecule has 1 N–H and O–H groups in total. The van der Waals surface area contributed by atoms with E-state index >= 15 is 0 Å². The molecule has 0 bridgehead atoms. The molecule has 0 radical (unpaired) electrons. The van der Waals surface area contributed by atoms with Crippen LogP contribution in [0.3, 0.4) is 0 Å². The van der Waals surface area contributed by atoms with Crippen LogP contribution in [-0.2, 0) is 4.79 Å². The normalized spacial score (nSPS) is 10.9. The lowest BCUT2D eigenvalue weighted by molar-refractivity contribution is -0.113. The molecule has 27 heavy (non-hydrogen) atoms. The minimum absolute atomic E-state index is 0.0541. The number of nitrogens with zero attached hydrogens (tertiary/aromatic N) is 3. The first-order valence-electron chi connectivity index (χ1n) is 8.85. The molecule has 0 fully saturated rings. The minimum atomic E-state index is -0.0541. The lowest BCUT2D eigenvalue weighted by atomic mass is 10.1. The molecule has 0 aliphatic heterocycles. The molecule has 0 saturated heterocycles. The van der Waals surface area contributed by atoms with E-state index in [1.807, 2.05) is 43.5 Å². The molecule has 0 spiro atoms. The number of hydrogen-bond donors (Lipinski definition) is 1. The smallest absolute Gasteiger partial charge is 0.234 e. The van der Waals surface area contributed by atoms with Crippen LogP contribution in [0.5, 0.6) is 0 Å². The molecule has 0 aliphatic carbocycles. The summed E-state index contributed by atoms with van der Waals surface area (Å²) in [6, 6.07) is 12.2. The molecule has 1 heterocycles. The number of carbonyl (C=O) groups is 1. The van der Waals surface area contributed by atoms with Crippen LogP contribution in [0.25, 0.3) is 5.69 Å². The number of carbonyl (C=O) groups excluding carboxylic acids is 1. The first-order valence-corrected chi connectivity index (χ1v) is 9.84. The number of anilines is 1. The van der Waals surface area contributed by atoms with Crippen LogP contribution >= 0.6 is 11.8 Å². The molecule has 6 heteroatoms. The van der Waals surface area contributed by atoms with Crippen molar-refractivity contribution in [2.24, 2.45) is 0 Å². The molecule has 1 amide bonds. The summed E-state index contributed by atoms with van der Waals surface area (Å²) in [6.45, 7) is 10.1. The van der Waals surface area contributed by atoms with Gasteiger partial charge < -0.3 is 5.32 Å². The van der Waals surface area contributed by atoms with Gasteiger partial charge in [0.2, 0.25) is 5.91 Å². The van der Waals surface area contributed by atoms with E-state index in [0.717, 1.165) is 39.0 Å². The second kappa shape index (κ2) is 7.96. The molecule has 5 nitrogen and oxygen atoms in total. The number of nitrogens with one attached hydrogen (secondary N) is 1. The average molecular weight is 381 g/mol. The number of thioether (sulfide) groups is 1. The molecule has 3 rings (SSSR count). The number of rotatable bonds is 5. The van der Waals surface area contributed by atoms with Gasteiger partial charge in [0, 0.05) is 5.69 Å². The van der Waals surface area contributed by atoms with Gasteiger partial charge >= 0.3 is 0 Å². The van der Waals surface area contributed by atoms with Crippen LogP contribution in [-0.4, -0.2) is 26.4 Å². The first-order chi connectivity index (χ1) is 12.9. The van der Waals surface area contributed by atoms with E-state index in [2.05, 4.69) is 47.6 Å². The van der Waals surface area contributed by atoms with Crippen molar-refractivity contribution in [3.8, 4) is 5.69 Å². The number of benzene rings is 2. The van der Waals surface area contributed by atoms with Crippen LogP contribution < -0.4 is 5.32 Å². The predicted molar refractivity (Wildman–Crippen MR) is 111 cm³/mol. The molecule has 0 atom stereocenters. The molecule has 2 aromatic carbocycles. The van der Waals surface area contributed by atoms with Gasteiger partial charge in [-0.05, 0) is 63.4 Å². The Morgan fingerprint density at radius 2 is 1.81 bits per heavy atom. The summed E-state index contributed by atoms with van der Waals surface area (Å²) in [5.41, 5.74) is 6.51. The largest absolute Gasteiger partial charge is 0.325 e. The van der Waals surface area contributed by atoms with Crippen molar-refractivity contribution in [3.63, 3.8) is 0 Å². The van der Waals surface area contributed by atoms with E-state index in [-0.39, 0.29) is 11.7 Å². The Morgan fingerprint density at radius 1 is 1.04 bits per heavy atom. The van der Waals surface area contributed by atoms with E-state index in [1.165, 1.54) is 17.3 Å². The van der Waals surface area contributed by atoms with Gasteiger partial charge in [0.05, 0.1) is 11.4 Å². The maximum atomic E-state index is 12.4. The molecule has 3 aromatic rings. The summed E-state index contributed by atoms with van der Waals surface area (Å²) in [6.07, 6.45) is 0. The lowest BCUT2D eigenvalue weighted by Crippen LogP contribution is -2.15. The highest BCUT2D eigenvalue weighted by Crippen LogP contribution is 2.25. The number of amides is 1. The fourth-order valence-electron chi connectivity index (χ4n) is 2.97. The topological polar surface area (TPSA) is 59.8 Å². The van der Waals surface area contributed by atoms with E-state index in [1.54, 1.807) is 0 Å². The summed E-state index contributed by atoms with van der Waals surface area (Å²) in [5.74, 6) is 1.03. The van der Waals surface area contributed by atoms with Gasteiger partial charge in [0.15, 0.2) is 5.16 Å². The fourth-order valence-corrected chi connectivity index (χ4v) is 3.76. The quantitative estimate of drug-likeness (QED) is 0.660. The fraction of sp³-hybridized carbons (Fsp3) is 0.286. The van der Waals surface area contributed by atoms with Crippen molar-refractivity contribution in [3.05, 3.63) is 64.5 Å². The Morgan fingerprint density at radius 3 is 2.56 bits per heavy atom. The molecular formula is C21H24N4OS. The van der Waals surface area contributed by atoms with E-state index in [0.29, 0.717) is 0 Å². The SMILES string of the molecule is Cc1ccc(-n2c(C)nnc2SCC(=O)Nc2cccc(C)c2C)c(C)c1. The predicted octanol–water partition coefficient (Wildman–Crippen LogP) is 4.54. The van der Waals surface area contributed by atoms with Crippen molar-refractivity contribution in [2.75, 3.05) is 11.1 Å². The zero-order chi connectivity index (χ0) is 19.6. The number of hydrogen-bond acceptors (Lipinski definition) is 4. The highest BCUT2D eigenvalue weighted by Gasteiger charge is 2.15. The lowest BCUT2D eigenvalue weighted by Gasteiger charge is -2.12. The van der Waals surface area contributed by atoms with Crippen molar-refractivity contribution >= 4 is 23.4 Å². The Balaban J connectivity index is 1.75. The van der Waals surface area contributed by atoms with Crippen LogP contribution in [0.2, 0.25) is 0 Å². The maximum Gasteiger partial charge on any atom is 0.234 e. The van der Waals surface area contributed by atoms with Gasteiger partial charge in [-0.2, -0.15) is 0 Å². The van der Waals surface area contributed by atoms with Gasteiger partial charge in [-0.15, -0.1) is 10.2 Å². The Hall–Kier alpha value is -2.60. The minimum Gasteiger partial charge on any atom is -0.325 e. The highest BCUT2D eigenvalue weighted by molar-refractivity contribution is 7.99. The van der Waals surface area contributed by atoms with Crippen LogP contribution in [0.15, 0.2) is 41.6 Å². The van der Waals surface area contributed by atoms with Gasteiger partial charge in [0.1, 0.15) is 5.82 Å². The van der Waals surface area contributed by atoms with Crippen molar-refractivity contribution in [2.45, 2.75) is 39.8 Å². The van der Waals surface area contributed by atoms with Gasteiger partial charge in [0.25, 0.3) is 0 Å². The summed E-state index contributed by atoms with van der Waals surface area (Å²) < 4.78 is 2.00. The van der Waals surface area contributed by atoms with E-state index in [9.17, 15) is 4.79 Å². The average Bonchev–Trinajstić information content (AvgIpc) is 2.98. The molecule has 140 valence electrons. The van der Waals surface area contributed by atoms with Gasteiger partial charge in [-0.3, -0.25) is 9.36 Å². The summed E-state index contributed by atoms with van der Waals surface area (Å²) in [4.78, 5) is 12.4. The first kappa shape index (κ1) is 19.2. The van der Waals surface area contributed by atoms with E-state index < -0.39 is 0 Å². The van der Waals surface area contributed by atoms with Crippen LogP contribution in [0.4, 0.5) is 5.69 Å². The zero-order valence-corrected chi connectivity index (χ0v) is 17.1. The third kappa shape index (κ3) is 4.22. The van der Waals surface area contributed by atoms with Crippen molar-refractivity contribution in [1.29, 1.82) is 0 Å². The molecule has 0 unspecified atom stereocenters.